The van der Waals surface area contributed by atoms with E-state index in [0.29, 0.717) is 19.1 Å². The largest absolute Gasteiger partial charge is 0.497 e. The highest BCUT2D eigenvalue weighted by Crippen LogP contribution is 2.27. The lowest BCUT2D eigenvalue weighted by atomic mass is 9.96. The van der Waals surface area contributed by atoms with Crippen molar-refractivity contribution in [1.82, 2.24) is 14.8 Å². The first-order chi connectivity index (χ1) is 11.6. The van der Waals surface area contributed by atoms with E-state index in [9.17, 15) is 4.79 Å². The number of aromatic nitrogens is 1. The third-order valence-corrected chi connectivity index (χ3v) is 4.93. The maximum absolute atomic E-state index is 12.8. The average Bonchev–Trinajstić information content (AvgIpc) is 2.94. The quantitative estimate of drug-likeness (QED) is 0.832. The molecule has 0 bridgehead atoms. The number of amides is 1. The van der Waals surface area contributed by atoms with Crippen molar-refractivity contribution in [2.45, 2.75) is 20.4 Å². The fourth-order valence-corrected chi connectivity index (χ4v) is 3.67. The van der Waals surface area contributed by atoms with Crippen LogP contribution in [0.5, 0.6) is 5.75 Å². The summed E-state index contributed by atoms with van der Waals surface area (Å²) < 4.78 is 10.7. The summed E-state index contributed by atoms with van der Waals surface area (Å²) in [7, 11) is 1.67. The molecule has 6 nitrogen and oxygen atoms in total. The number of likely N-dealkylation sites (tertiary alicyclic amines) is 1. The lowest BCUT2D eigenvalue weighted by Crippen LogP contribution is -2.45. The standard InChI is InChI=1S/C18H27N3O3/c1-13-10-20(11-15-9-16(23-3)8-14(2)19-15)12-17(13)18(22)21-4-6-24-7-5-21/h8-9,13,17H,4-7,10-12H2,1-3H3/t13-,17-/m1/s1. The van der Waals surface area contributed by atoms with Crippen LogP contribution in [-0.4, -0.2) is 67.2 Å². The third-order valence-electron chi connectivity index (χ3n) is 4.93. The van der Waals surface area contributed by atoms with Gasteiger partial charge in [0.1, 0.15) is 5.75 Å². The van der Waals surface area contributed by atoms with E-state index in [1.165, 1.54) is 0 Å². The second-order valence-corrected chi connectivity index (χ2v) is 6.86. The van der Waals surface area contributed by atoms with Gasteiger partial charge in [0.2, 0.25) is 5.91 Å². The Balaban J connectivity index is 1.63. The van der Waals surface area contributed by atoms with Gasteiger partial charge in [-0.25, -0.2) is 0 Å². The van der Waals surface area contributed by atoms with E-state index in [1.54, 1.807) is 7.11 Å². The summed E-state index contributed by atoms with van der Waals surface area (Å²) in [5.41, 5.74) is 1.95. The number of hydrogen-bond acceptors (Lipinski definition) is 5. The molecule has 132 valence electrons. The highest BCUT2D eigenvalue weighted by Gasteiger charge is 2.37. The van der Waals surface area contributed by atoms with Gasteiger partial charge < -0.3 is 14.4 Å². The van der Waals surface area contributed by atoms with E-state index in [2.05, 4.69) is 16.8 Å². The first-order valence-corrected chi connectivity index (χ1v) is 8.67. The van der Waals surface area contributed by atoms with Gasteiger partial charge in [-0.3, -0.25) is 14.7 Å². The molecule has 3 rings (SSSR count). The lowest BCUT2D eigenvalue weighted by molar-refractivity contribution is -0.140. The summed E-state index contributed by atoms with van der Waals surface area (Å²) in [6.07, 6.45) is 0. The number of aryl methyl sites for hydroxylation is 1. The highest BCUT2D eigenvalue weighted by atomic mass is 16.5. The molecule has 0 radical (unpaired) electrons. The van der Waals surface area contributed by atoms with Gasteiger partial charge in [-0.1, -0.05) is 6.92 Å². The summed E-state index contributed by atoms with van der Waals surface area (Å²) in [5, 5.41) is 0. The molecular formula is C18H27N3O3. The maximum Gasteiger partial charge on any atom is 0.227 e. The number of nitrogens with zero attached hydrogens (tertiary/aromatic N) is 3. The van der Waals surface area contributed by atoms with Crippen molar-refractivity contribution in [3.8, 4) is 5.75 Å². The van der Waals surface area contributed by atoms with Crippen molar-refractivity contribution in [1.29, 1.82) is 0 Å². The maximum atomic E-state index is 12.8. The molecule has 1 aromatic rings. The first kappa shape index (κ1) is 17.2. The van der Waals surface area contributed by atoms with Crippen LogP contribution in [-0.2, 0) is 16.1 Å². The topological polar surface area (TPSA) is 54.9 Å². The van der Waals surface area contributed by atoms with Gasteiger partial charge in [0.15, 0.2) is 0 Å². The van der Waals surface area contributed by atoms with Crippen LogP contribution >= 0.6 is 0 Å². The van der Waals surface area contributed by atoms with Crippen LogP contribution in [0.3, 0.4) is 0 Å². The van der Waals surface area contributed by atoms with Gasteiger partial charge in [0.25, 0.3) is 0 Å². The predicted octanol–water partition coefficient (Wildman–Crippen LogP) is 1.33. The molecule has 2 aliphatic heterocycles. The van der Waals surface area contributed by atoms with Crippen LogP contribution in [0, 0.1) is 18.8 Å². The molecule has 6 heteroatoms. The van der Waals surface area contributed by atoms with Crippen LogP contribution < -0.4 is 4.74 Å². The number of methoxy groups -OCH3 is 1. The van der Waals surface area contributed by atoms with Crippen molar-refractivity contribution >= 4 is 5.91 Å². The number of hydrogen-bond donors (Lipinski definition) is 0. The molecule has 2 atom stereocenters. The Morgan fingerprint density at radius 2 is 2.08 bits per heavy atom. The van der Waals surface area contributed by atoms with Gasteiger partial charge in [0.05, 0.1) is 31.9 Å². The molecule has 0 aliphatic carbocycles. The Hall–Kier alpha value is -1.66. The van der Waals surface area contributed by atoms with Crippen LogP contribution in [0.25, 0.3) is 0 Å². The number of rotatable bonds is 4. The molecule has 0 unspecified atom stereocenters. The minimum Gasteiger partial charge on any atom is -0.497 e. The van der Waals surface area contributed by atoms with E-state index in [-0.39, 0.29) is 11.8 Å². The van der Waals surface area contributed by atoms with Crippen molar-refractivity contribution in [2.24, 2.45) is 11.8 Å². The molecule has 1 amide bonds. The van der Waals surface area contributed by atoms with Gasteiger partial charge in [-0.05, 0) is 12.8 Å². The normalized spacial score (nSPS) is 25.0. The number of carbonyl (C=O) groups excluding carboxylic acids is 1. The minimum atomic E-state index is 0.0785. The van der Waals surface area contributed by atoms with Gasteiger partial charge >= 0.3 is 0 Å². The minimum absolute atomic E-state index is 0.0785. The van der Waals surface area contributed by atoms with E-state index in [0.717, 1.165) is 49.9 Å². The van der Waals surface area contributed by atoms with Crippen molar-refractivity contribution in [2.75, 3.05) is 46.5 Å². The summed E-state index contributed by atoms with van der Waals surface area (Å²) in [4.78, 5) is 21.7. The summed E-state index contributed by atoms with van der Waals surface area (Å²) in [6, 6.07) is 3.91. The Bertz CT molecular complexity index is 587. The molecule has 24 heavy (non-hydrogen) atoms. The summed E-state index contributed by atoms with van der Waals surface area (Å²) in [5.74, 6) is 1.57. The molecule has 2 saturated heterocycles. The smallest absolute Gasteiger partial charge is 0.227 e. The van der Waals surface area contributed by atoms with Crippen LogP contribution in [0.1, 0.15) is 18.3 Å². The first-order valence-electron chi connectivity index (χ1n) is 8.67. The molecule has 2 aliphatic rings. The van der Waals surface area contributed by atoms with Gasteiger partial charge in [-0.15, -0.1) is 0 Å². The van der Waals surface area contributed by atoms with E-state index in [4.69, 9.17) is 9.47 Å². The van der Waals surface area contributed by atoms with Crippen LogP contribution in [0.2, 0.25) is 0 Å². The molecule has 3 heterocycles. The average molecular weight is 333 g/mol. The molecule has 0 saturated carbocycles. The summed E-state index contributed by atoms with van der Waals surface area (Å²) in [6.45, 7) is 9.39. The molecule has 1 aromatic heterocycles. The Morgan fingerprint density at radius 3 is 2.79 bits per heavy atom. The van der Waals surface area contributed by atoms with Crippen LogP contribution in [0.4, 0.5) is 0 Å². The second kappa shape index (κ2) is 7.49. The van der Waals surface area contributed by atoms with E-state index >= 15 is 0 Å². The van der Waals surface area contributed by atoms with E-state index in [1.807, 2.05) is 24.0 Å². The number of morpholine rings is 1. The zero-order valence-corrected chi connectivity index (χ0v) is 14.8. The molecule has 0 N–H and O–H groups in total. The van der Waals surface area contributed by atoms with Crippen molar-refractivity contribution in [3.05, 3.63) is 23.5 Å². The predicted molar refractivity (Wildman–Crippen MR) is 90.9 cm³/mol. The Labute approximate surface area is 143 Å². The SMILES string of the molecule is COc1cc(C)nc(CN2C[C@@H](C)[C@H](C(=O)N3CCOCC3)C2)c1. The summed E-state index contributed by atoms with van der Waals surface area (Å²) >= 11 is 0. The lowest BCUT2D eigenvalue weighted by Gasteiger charge is -2.30. The highest BCUT2D eigenvalue weighted by molar-refractivity contribution is 5.79. The Kier molecular flexibility index (Phi) is 5.36. The zero-order chi connectivity index (χ0) is 17.1. The molecule has 0 aromatic carbocycles. The van der Waals surface area contributed by atoms with Crippen molar-refractivity contribution in [3.63, 3.8) is 0 Å². The molecular weight excluding hydrogens is 306 g/mol. The fourth-order valence-electron chi connectivity index (χ4n) is 3.67. The Morgan fingerprint density at radius 1 is 1.33 bits per heavy atom. The second-order valence-electron chi connectivity index (χ2n) is 6.86. The molecule has 2 fully saturated rings. The molecule has 0 spiro atoms. The fraction of sp³-hybridized carbons (Fsp3) is 0.667. The number of pyridine rings is 1. The monoisotopic (exact) mass is 333 g/mol. The van der Waals surface area contributed by atoms with Gasteiger partial charge in [-0.2, -0.15) is 0 Å². The number of carbonyl (C=O) groups is 1. The zero-order valence-electron chi connectivity index (χ0n) is 14.8. The number of ether oxygens (including phenoxy) is 2. The van der Waals surface area contributed by atoms with Crippen LogP contribution in [0.15, 0.2) is 12.1 Å². The van der Waals surface area contributed by atoms with Gasteiger partial charge in [0, 0.05) is 50.6 Å². The van der Waals surface area contributed by atoms with E-state index < -0.39 is 0 Å². The third kappa shape index (κ3) is 3.87. The van der Waals surface area contributed by atoms with Crippen molar-refractivity contribution < 1.29 is 14.3 Å².